The van der Waals surface area contributed by atoms with Crippen LogP contribution < -0.4 is 11.3 Å². The number of hydrogen-bond donors (Lipinski definition) is 2. The van der Waals surface area contributed by atoms with Crippen molar-refractivity contribution in [1.82, 2.24) is 20.5 Å². The van der Waals surface area contributed by atoms with Gasteiger partial charge in [-0.2, -0.15) is 0 Å². The SMILES string of the molecule is CN(Cc1cccnc1)Cc1cc(C(=O)NN)no1. The fourth-order valence-electron chi connectivity index (χ4n) is 1.69. The fourth-order valence-corrected chi connectivity index (χ4v) is 1.69. The van der Waals surface area contributed by atoms with Crippen molar-refractivity contribution in [3.63, 3.8) is 0 Å². The predicted molar refractivity (Wildman–Crippen MR) is 67.6 cm³/mol. The summed E-state index contributed by atoms with van der Waals surface area (Å²) in [6.45, 7) is 1.27. The quantitative estimate of drug-likeness (QED) is 0.456. The molecule has 0 unspecified atom stereocenters. The smallest absolute Gasteiger partial charge is 0.287 e. The molecule has 0 aliphatic heterocycles. The highest BCUT2D eigenvalue weighted by Gasteiger charge is 2.12. The first-order valence-corrected chi connectivity index (χ1v) is 5.73. The number of rotatable bonds is 5. The lowest BCUT2D eigenvalue weighted by molar-refractivity contribution is 0.0944. The summed E-state index contributed by atoms with van der Waals surface area (Å²) < 4.78 is 5.07. The summed E-state index contributed by atoms with van der Waals surface area (Å²) in [5, 5.41) is 3.64. The number of nitrogens with two attached hydrogens (primary N) is 1. The van der Waals surface area contributed by atoms with E-state index in [1.807, 2.05) is 35.7 Å². The van der Waals surface area contributed by atoms with Crippen LogP contribution in [0.4, 0.5) is 0 Å². The Bertz CT molecular complexity index is 540. The molecule has 2 rings (SSSR count). The average Bonchev–Trinajstić information content (AvgIpc) is 2.87. The van der Waals surface area contributed by atoms with Gasteiger partial charge < -0.3 is 4.52 Å². The van der Waals surface area contributed by atoms with Gasteiger partial charge in [0.05, 0.1) is 6.54 Å². The van der Waals surface area contributed by atoms with Crippen LogP contribution in [0.3, 0.4) is 0 Å². The van der Waals surface area contributed by atoms with Crippen molar-refractivity contribution in [3.05, 3.63) is 47.6 Å². The van der Waals surface area contributed by atoms with Crippen LogP contribution in [-0.4, -0.2) is 28.0 Å². The molecule has 0 spiro atoms. The molecule has 0 aliphatic rings. The molecule has 7 heteroatoms. The van der Waals surface area contributed by atoms with Crippen LogP contribution >= 0.6 is 0 Å². The zero-order chi connectivity index (χ0) is 13.7. The van der Waals surface area contributed by atoms with E-state index in [1.54, 1.807) is 12.3 Å². The molecule has 19 heavy (non-hydrogen) atoms. The Morgan fingerprint density at radius 1 is 1.53 bits per heavy atom. The molecular weight excluding hydrogens is 246 g/mol. The molecule has 0 aromatic carbocycles. The number of pyridine rings is 1. The van der Waals surface area contributed by atoms with Gasteiger partial charge in [0.2, 0.25) is 0 Å². The van der Waals surface area contributed by atoms with Crippen LogP contribution in [-0.2, 0) is 13.1 Å². The molecule has 0 atom stereocenters. The highest BCUT2D eigenvalue weighted by molar-refractivity contribution is 5.91. The van der Waals surface area contributed by atoms with E-state index >= 15 is 0 Å². The van der Waals surface area contributed by atoms with Crippen molar-refractivity contribution in [2.24, 2.45) is 5.84 Å². The number of nitrogens with one attached hydrogen (secondary N) is 1. The van der Waals surface area contributed by atoms with Gasteiger partial charge in [-0.25, -0.2) is 5.84 Å². The van der Waals surface area contributed by atoms with Crippen molar-refractivity contribution in [1.29, 1.82) is 0 Å². The van der Waals surface area contributed by atoms with Crippen molar-refractivity contribution in [2.75, 3.05) is 7.05 Å². The molecule has 0 radical (unpaired) electrons. The Balaban J connectivity index is 1.94. The van der Waals surface area contributed by atoms with Gasteiger partial charge in [-0.1, -0.05) is 11.2 Å². The van der Waals surface area contributed by atoms with Gasteiger partial charge in [0.25, 0.3) is 5.91 Å². The lowest BCUT2D eigenvalue weighted by atomic mass is 10.2. The molecule has 0 fully saturated rings. The summed E-state index contributed by atoms with van der Waals surface area (Å²) in [5.74, 6) is 5.15. The second kappa shape index (κ2) is 6.07. The number of nitrogens with zero attached hydrogens (tertiary/aromatic N) is 3. The van der Waals surface area contributed by atoms with Crippen molar-refractivity contribution in [2.45, 2.75) is 13.1 Å². The van der Waals surface area contributed by atoms with Crippen LogP contribution in [0.2, 0.25) is 0 Å². The zero-order valence-electron chi connectivity index (χ0n) is 10.5. The molecule has 0 saturated heterocycles. The van der Waals surface area contributed by atoms with E-state index < -0.39 is 5.91 Å². The van der Waals surface area contributed by atoms with E-state index in [9.17, 15) is 4.79 Å². The van der Waals surface area contributed by atoms with Gasteiger partial charge in [-0.15, -0.1) is 0 Å². The molecule has 0 bridgehead atoms. The summed E-state index contributed by atoms with van der Waals surface area (Å²) in [7, 11) is 1.94. The van der Waals surface area contributed by atoms with Crippen LogP contribution in [0.5, 0.6) is 0 Å². The third kappa shape index (κ3) is 3.60. The molecule has 2 aromatic rings. The van der Waals surface area contributed by atoms with Crippen LogP contribution in [0.1, 0.15) is 21.8 Å². The Hall–Kier alpha value is -2.25. The zero-order valence-corrected chi connectivity index (χ0v) is 10.5. The summed E-state index contributed by atoms with van der Waals surface area (Å²) in [4.78, 5) is 17.3. The number of hydrogen-bond acceptors (Lipinski definition) is 6. The number of nitrogen functional groups attached to an aromatic ring is 1. The Labute approximate surface area is 110 Å². The molecular formula is C12H15N5O2. The number of aromatic nitrogens is 2. The van der Waals surface area contributed by atoms with E-state index in [1.165, 1.54) is 0 Å². The van der Waals surface area contributed by atoms with Crippen LogP contribution in [0.15, 0.2) is 35.1 Å². The van der Waals surface area contributed by atoms with Crippen molar-refractivity contribution < 1.29 is 9.32 Å². The third-order valence-electron chi connectivity index (χ3n) is 2.52. The van der Waals surface area contributed by atoms with E-state index in [4.69, 9.17) is 10.4 Å². The van der Waals surface area contributed by atoms with Gasteiger partial charge >= 0.3 is 0 Å². The summed E-state index contributed by atoms with van der Waals surface area (Å²) in [6, 6.07) is 5.46. The summed E-state index contributed by atoms with van der Waals surface area (Å²) in [6.07, 6.45) is 3.54. The van der Waals surface area contributed by atoms with Crippen molar-refractivity contribution >= 4 is 5.91 Å². The first-order chi connectivity index (χ1) is 9.19. The molecule has 7 nitrogen and oxygen atoms in total. The largest absolute Gasteiger partial charge is 0.359 e. The minimum atomic E-state index is -0.468. The topological polar surface area (TPSA) is 97.3 Å². The lowest BCUT2D eigenvalue weighted by Crippen LogP contribution is -2.30. The average molecular weight is 261 g/mol. The lowest BCUT2D eigenvalue weighted by Gasteiger charge is -2.14. The highest BCUT2D eigenvalue weighted by atomic mass is 16.5. The van der Waals surface area contributed by atoms with E-state index in [2.05, 4.69) is 10.1 Å². The Morgan fingerprint density at radius 2 is 2.37 bits per heavy atom. The molecule has 0 saturated carbocycles. The number of amides is 1. The first kappa shape index (κ1) is 13.2. The molecule has 0 aliphatic carbocycles. The summed E-state index contributed by atoms with van der Waals surface area (Å²) >= 11 is 0. The predicted octanol–water partition coefficient (Wildman–Crippen LogP) is 0.305. The molecule has 2 aromatic heterocycles. The van der Waals surface area contributed by atoms with Crippen LogP contribution in [0, 0.1) is 0 Å². The third-order valence-corrected chi connectivity index (χ3v) is 2.52. The Morgan fingerprint density at radius 3 is 3.05 bits per heavy atom. The van der Waals surface area contributed by atoms with E-state index in [0.717, 1.165) is 12.1 Å². The number of carbonyl (C=O) groups excluding carboxylic acids is 1. The van der Waals surface area contributed by atoms with Gasteiger partial charge in [0, 0.05) is 25.0 Å². The van der Waals surface area contributed by atoms with Gasteiger partial charge in [0.1, 0.15) is 0 Å². The molecule has 3 N–H and O–H groups in total. The van der Waals surface area contributed by atoms with Crippen LogP contribution in [0.25, 0.3) is 0 Å². The van der Waals surface area contributed by atoms with E-state index in [-0.39, 0.29) is 5.69 Å². The monoisotopic (exact) mass is 261 g/mol. The maximum absolute atomic E-state index is 11.2. The minimum absolute atomic E-state index is 0.173. The molecule has 100 valence electrons. The van der Waals surface area contributed by atoms with Gasteiger partial charge in [0.15, 0.2) is 11.5 Å². The van der Waals surface area contributed by atoms with E-state index in [0.29, 0.717) is 12.3 Å². The standard InChI is InChI=1S/C12H15N5O2/c1-17(7-9-3-2-4-14-6-9)8-10-5-11(16-19-10)12(18)15-13/h2-6H,7-8,13H2,1H3,(H,15,18). The van der Waals surface area contributed by atoms with Gasteiger partial charge in [-0.05, 0) is 18.7 Å². The fraction of sp³-hybridized carbons (Fsp3) is 0.250. The second-order valence-corrected chi connectivity index (χ2v) is 4.19. The highest BCUT2D eigenvalue weighted by Crippen LogP contribution is 2.09. The Kier molecular flexibility index (Phi) is 4.22. The number of carbonyl (C=O) groups is 1. The maximum Gasteiger partial charge on any atom is 0.287 e. The molecule has 1 amide bonds. The van der Waals surface area contributed by atoms with Gasteiger partial charge in [-0.3, -0.25) is 20.1 Å². The minimum Gasteiger partial charge on any atom is -0.359 e. The number of hydrazine groups is 1. The second-order valence-electron chi connectivity index (χ2n) is 4.19. The molecule has 2 heterocycles. The maximum atomic E-state index is 11.2. The normalized spacial score (nSPS) is 10.7. The first-order valence-electron chi connectivity index (χ1n) is 5.73. The van der Waals surface area contributed by atoms with Crippen molar-refractivity contribution in [3.8, 4) is 0 Å². The summed E-state index contributed by atoms with van der Waals surface area (Å²) in [5.41, 5.74) is 3.28.